The third-order valence-electron chi connectivity index (χ3n) is 7.16. The van der Waals surface area contributed by atoms with Gasteiger partial charge in [-0.05, 0) is 50.7 Å². The van der Waals surface area contributed by atoms with Crippen molar-refractivity contribution in [2.24, 2.45) is 7.05 Å². The van der Waals surface area contributed by atoms with Crippen molar-refractivity contribution in [1.82, 2.24) is 19.5 Å². The predicted molar refractivity (Wildman–Crippen MR) is 126 cm³/mol. The van der Waals surface area contributed by atoms with Gasteiger partial charge >= 0.3 is 6.01 Å². The van der Waals surface area contributed by atoms with Crippen LogP contribution in [0.4, 0.5) is 5.69 Å². The highest BCUT2D eigenvalue weighted by atomic mass is 16.5. The molecule has 0 amide bonds. The van der Waals surface area contributed by atoms with E-state index in [9.17, 15) is 4.79 Å². The molecule has 1 aromatic carbocycles. The van der Waals surface area contributed by atoms with Crippen LogP contribution in [0.5, 0.6) is 11.8 Å². The summed E-state index contributed by atoms with van der Waals surface area (Å²) in [5.74, 6) is 0.717. The first-order chi connectivity index (χ1) is 16.6. The number of anilines is 1. The maximum atomic E-state index is 12.4. The molecule has 1 aliphatic carbocycles. The van der Waals surface area contributed by atoms with E-state index in [0.717, 1.165) is 74.1 Å². The van der Waals surface area contributed by atoms with E-state index in [2.05, 4.69) is 32.0 Å². The molecular formula is C25H29N5O4. The Hall–Kier alpha value is -3.20. The van der Waals surface area contributed by atoms with Crippen LogP contribution in [0, 0.1) is 0 Å². The number of nitrogens with zero attached hydrogens (tertiary/aromatic N) is 5. The summed E-state index contributed by atoms with van der Waals surface area (Å²) in [7, 11) is 1.78. The van der Waals surface area contributed by atoms with E-state index < -0.39 is 0 Å². The molecule has 9 nitrogen and oxygen atoms in total. The number of aromatic nitrogens is 4. The van der Waals surface area contributed by atoms with Crippen LogP contribution >= 0.6 is 0 Å². The van der Waals surface area contributed by atoms with Crippen LogP contribution in [0.1, 0.15) is 38.5 Å². The number of hydrogen-bond donors (Lipinski definition) is 0. The van der Waals surface area contributed by atoms with Gasteiger partial charge in [0.2, 0.25) is 0 Å². The van der Waals surface area contributed by atoms with Crippen LogP contribution < -0.4 is 19.9 Å². The Morgan fingerprint density at radius 3 is 2.29 bits per heavy atom. The first-order valence-corrected chi connectivity index (χ1v) is 12.1. The summed E-state index contributed by atoms with van der Waals surface area (Å²) in [5.41, 5.74) is 2.44. The Labute approximate surface area is 197 Å². The van der Waals surface area contributed by atoms with Crippen molar-refractivity contribution in [3.63, 3.8) is 0 Å². The first kappa shape index (κ1) is 21.3. The lowest BCUT2D eigenvalue weighted by molar-refractivity contribution is 0.0304. The van der Waals surface area contributed by atoms with Gasteiger partial charge in [-0.15, -0.1) is 0 Å². The van der Waals surface area contributed by atoms with Crippen molar-refractivity contribution in [1.29, 1.82) is 0 Å². The second-order valence-electron chi connectivity index (χ2n) is 9.50. The zero-order valence-electron chi connectivity index (χ0n) is 19.3. The maximum absolute atomic E-state index is 12.4. The lowest BCUT2D eigenvalue weighted by atomic mass is 9.95. The molecule has 2 bridgehead atoms. The van der Waals surface area contributed by atoms with Crippen LogP contribution in [-0.2, 0) is 11.8 Å². The molecule has 1 saturated carbocycles. The van der Waals surface area contributed by atoms with E-state index in [4.69, 9.17) is 14.2 Å². The Bertz CT molecular complexity index is 1210. The molecule has 0 N–H and O–H groups in total. The van der Waals surface area contributed by atoms with E-state index in [1.807, 2.05) is 0 Å². The molecule has 2 unspecified atom stereocenters. The van der Waals surface area contributed by atoms with E-state index in [-0.39, 0.29) is 30.0 Å². The zero-order chi connectivity index (χ0) is 23.1. The van der Waals surface area contributed by atoms with Gasteiger partial charge in [-0.2, -0.15) is 0 Å². The predicted octanol–water partition coefficient (Wildman–Crippen LogP) is 2.86. The van der Waals surface area contributed by atoms with Gasteiger partial charge < -0.3 is 23.7 Å². The third-order valence-corrected chi connectivity index (χ3v) is 7.16. The maximum Gasteiger partial charge on any atom is 0.316 e. The molecule has 2 aliphatic heterocycles. The molecule has 0 spiro atoms. The largest absolute Gasteiger partial charge is 0.488 e. The van der Waals surface area contributed by atoms with Crippen LogP contribution in [0.15, 0.2) is 41.6 Å². The monoisotopic (exact) mass is 463 g/mol. The van der Waals surface area contributed by atoms with Gasteiger partial charge in [-0.3, -0.25) is 4.79 Å². The lowest BCUT2D eigenvalue weighted by Gasteiger charge is -2.34. The van der Waals surface area contributed by atoms with Crippen molar-refractivity contribution in [2.45, 2.75) is 62.9 Å². The normalized spacial score (nSPS) is 26.6. The minimum absolute atomic E-state index is 0.0474. The van der Waals surface area contributed by atoms with Crippen molar-refractivity contribution in [2.75, 3.05) is 18.0 Å². The van der Waals surface area contributed by atoms with Crippen LogP contribution in [0.2, 0.25) is 0 Å². The van der Waals surface area contributed by atoms with Crippen LogP contribution in [0.25, 0.3) is 11.0 Å². The SMILES string of the molecule is Cn1c(=O)cnc2cc(N3CC4CCC(C3)O4)cc(OC3CCC(Oc4ncccn4)CC3)c21. The summed E-state index contributed by atoms with van der Waals surface area (Å²) >= 11 is 0. The smallest absolute Gasteiger partial charge is 0.316 e. The molecule has 3 aliphatic rings. The number of rotatable bonds is 5. The van der Waals surface area contributed by atoms with Crippen molar-refractivity contribution in [3.05, 3.63) is 47.1 Å². The molecule has 3 aromatic rings. The van der Waals surface area contributed by atoms with E-state index in [1.54, 1.807) is 30.1 Å². The number of aryl methyl sites for hydroxylation is 1. The van der Waals surface area contributed by atoms with Crippen molar-refractivity contribution in [3.8, 4) is 11.8 Å². The fraction of sp³-hybridized carbons (Fsp3) is 0.520. The fourth-order valence-corrected chi connectivity index (χ4v) is 5.38. The number of fused-ring (bicyclic) bond motifs is 3. The molecule has 4 heterocycles. The molecular weight excluding hydrogens is 434 g/mol. The topological polar surface area (TPSA) is 91.6 Å². The fourth-order valence-electron chi connectivity index (χ4n) is 5.38. The average molecular weight is 464 g/mol. The van der Waals surface area contributed by atoms with E-state index in [0.29, 0.717) is 6.01 Å². The zero-order valence-corrected chi connectivity index (χ0v) is 19.3. The summed E-state index contributed by atoms with van der Waals surface area (Å²) in [5, 5.41) is 0. The molecule has 2 aromatic heterocycles. The van der Waals surface area contributed by atoms with Gasteiger partial charge in [-0.25, -0.2) is 15.0 Å². The molecule has 2 atom stereocenters. The third kappa shape index (κ3) is 4.20. The Kier molecular flexibility index (Phi) is 5.57. The van der Waals surface area contributed by atoms with Gasteiger partial charge in [-0.1, -0.05) is 0 Å². The lowest BCUT2D eigenvalue weighted by Crippen LogP contribution is -2.42. The summed E-state index contributed by atoms with van der Waals surface area (Å²) in [6, 6.07) is 6.34. The van der Waals surface area contributed by atoms with Gasteiger partial charge in [0.05, 0.1) is 30.0 Å². The molecule has 0 radical (unpaired) electrons. The summed E-state index contributed by atoms with van der Waals surface area (Å²) in [6.45, 7) is 1.74. The number of hydrogen-bond acceptors (Lipinski definition) is 8. The van der Waals surface area contributed by atoms with Gasteiger partial charge in [0.25, 0.3) is 5.56 Å². The standard InChI is InChI=1S/C25H29N5O4/c1-29-23(31)13-28-21-11-16(30-14-19-7-8-20(15-30)32-19)12-22(24(21)29)33-17-3-5-18(6-4-17)34-25-26-9-2-10-27-25/h2,9-13,17-20H,3-8,14-15H2,1H3. The van der Waals surface area contributed by atoms with Gasteiger partial charge in [0.1, 0.15) is 17.4 Å². The quantitative estimate of drug-likeness (QED) is 0.571. The van der Waals surface area contributed by atoms with E-state index in [1.165, 1.54) is 6.20 Å². The van der Waals surface area contributed by atoms with Gasteiger partial charge in [0.15, 0.2) is 0 Å². The summed E-state index contributed by atoms with van der Waals surface area (Å²) < 4.78 is 20.1. The second kappa shape index (κ2) is 8.87. The molecule has 34 heavy (non-hydrogen) atoms. The Morgan fingerprint density at radius 1 is 0.912 bits per heavy atom. The number of benzene rings is 1. The molecule has 3 fully saturated rings. The number of ether oxygens (including phenoxy) is 3. The summed E-state index contributed by atoms with van der Waals surface area (Å²) in [4.78, 5) is 27.5. The summed E-state index contributed by atoms with van der Waals surface area (Å²) in [6.07, 6.45) is 11.1. The van der Waals surface area contributed by atoms with Crippen molar-refractivity contribution >= 4 is 16.7 Å². The molecule has 9 heteroatoms. The highest BCUT2D eigenvalue weighted by Gasteiger charge is 2.34. The molecule has 6 rings (SSSR count). The van der Waals surface area contributed by atoms with Crippen molar-refractivity contribution < 1.29 is 14.2 Å². The highest BCUT2D eigenvalue weighted by molar-refractivity contribution is 5.86. The second-order valence-corrected chi connectivity index (χ2v) is 9.50. The molecule has 2 saturated heterocycles. The minimum atomic E-state index is -0.144. The van der Waals surface area contributed by atoms with Crippen LogP contribution in [-0.4, -0.2) is 57.0 Å². The minimum Gasteiger partial charge on any atom is -0.488 e. The van der Waals surface area contributed by atoms with E-state index >= 15 is 0 Å². The average Bonchev–Trinajstić information content (AvgIpc) is 3.20. The van der Waals surface area contributed by atoms with Gasteiger partial charge in [0, 0.05) is 44.3 Å². The number of morpholine rings is 1. The first-order valence-electron chi connectivity index (χ1n) is 12.1. The highest BCUT2D eigenvalue weighted by Crippen LogP contribution is 2.36. The van der Waals surface area contributed by atoms with Crippen LogP contribution in [0.3, 0.4) is 0 Å². The molecule has 178 valence electrons. The Morgan fingerprint density at radius 2 is 1.59 bits per heavy atom. The Balaban J connectivity index is 1.23.